The third-order valence-electron chi connectivity index (χ3n) is 2.97. The Balaban J connectivity index is 1.83. The normalized spacial score (nSPS) is 22.7. The summed E-state index contributed by atoms with van der Waals surface area (Å²) >= 11 is 6.00. The molecule has 1 aromatic carbocycles. The molecule has 1 aliphatic rings. The maximum Gasteiger partial charge on any atom is 0.161 e. The van der Waals surface area contributed by atoms with Crippen LogP contribution in [0.2, 0.25) is 0 Å². The number of halogens is 1. The summed E-state index contributed by atoms with van der Waals surface area (Å²) in [6.45, 7) is 4.00. The van der Waals surface area contributed by atoms with E-state index < -0.39 is 5.56 Å². The average Bonchev–Trinajstić information content (AvgIpc) is 2.57. The molecule has 0 fully saturated rings. The largest absolute Gasteiger partial charge is 0.487 e. The van der Waals surface area contributed by atoms with Gasteiger partial charge in [0, 0.05) is 0 Å². The first-order valence-electron chi connectivity index (χ1n) is 7.70. The summed E-state index contributed by atoms with van der Waals surface area (Å²) in [7, 11) is 0. The minimum atomic E-state index is -0.507. The number of benzene rings is 1. The Morgan fingerprint density at radius 1 is 0.696 bits per heavy atom. The first-order chi connectivity index (χ1) is 11.4. The van der Waals surface area contributed by atoms with Crippen molar-refractivity contribution in [1.29, 1.82) is 0 Å². The SMILES string of the molecule is ClC1COCCOCCOCCOc2ccccc2OCCO1. The van der Waals surface area contributed by atoms with Gasteiger partial charge in [0.1, 0.15) is 13.2 Å². The van der Waals surface area contributed by atoms with Gasteiger partial charge in [-0.2, -0.15) is 0 Å². The fraction of sp³-hybridized carbons (Fsp3) is 0.625. The van der Waals surface area contributed by atoms with Gasteiger partial charge >= 0.3 is 0 Å². The summed E-state index contributed by atoms with van der Waals surface area (Å²) in [5, 5.41) is 0. The van der Waals surface area contributed by atoms with E-state index >= 15 is 0 Å². The number of alkyl halides is 1. The predicted molar refractivity (Wildman–Crippen MR) is 85.5 cm³/mol. The summed E-state index contributed by atoms with van der Waals surface area (Å²) in [6.07, 6.45) is 0. The van der Waals surface area contributed by atoms with Gasteiger partial charge in [-0.3, -0.25) is 0 Å². The average molecular weight is 347 g/mol. The van der Waals surface area contributed by atoms with Crippen molar-refractivity contribution in [2.24, 2.45) is 0 Å². The molecule has 0 amide bonds. The van der Waals surface area contributed by atoms with Crippen molar-refractivity contribution in [2.75, 3.05) is 59.5 Å². The highest BCUT2D eigenvalue weighted by Gasteiger charge is 2.07. The molecule has 0 radical (unpaired) electrons. The molecule has 6 nitrogen and oxygen atoms in total. The van der Waals surface area contributed by atoms with Gasteiger partial charge < -0.3 is 28.4 Å². The van der Waals surface area contributed by atoms with Crippen molar-refractivity contribution < 1.29 is 28.4 Å². The Morgan fingerprint density at radius 3 is 1.87 bits per heavy atom. The zero-order chi connectivity index (χ0) is 16.2. The molecule has 0 aliphatic carbocycles. The van der Waals surface area contributed by atoms with Crippen molar-refractivity contribution in [3.8, 4) is 11.5 Å². The molecule has 23 heavy (non-hydrogen) atoms. The molecule has 0 saturated carbocycles. The predicted octanol–water partition coefficient (Wildman–Crippen LogP) is 2.09. The van der Waals surface area contributed by atoms with Gasteiger partial charge in [0.05, 0.1) is 46.2 Å². The quantitative estimate of drug-likeness (QED) is 0.670. The second-order valence-corrected chi connectivity index (χ2v) is 5.21. The van der Waals surface area contributed by atoms with Gasteiger partial charge in [-0.15, -0.1) is 0 Å². The molecule has 7 heteroatoms. The monoisotopic (exact) mass is 346 g/mol. The van der Waals surface area contributed by atoms with Crippen molar-refractivity contribution in [3.63, 3.8) is 0 Å². The molecule has 0 aromatic heterocycles. The fourth-order valence-electron chi connectivity index (χ4n) is 1.89. The summed E-state index contributed by atoms with van der Waals surface area (Å²) in [6, 6.07) is 7.49. The number of hydrogen-bond donors (Lipinski definition) is 0. The highest BCUT2D eigenvalue weighted by molar-refractivity contribution is 6.19. The maximum absolute atomic E-state index is 6.00. The van der Waals surface area contributed by atoms with Crippen LogP contribution < -0.4 is 9.47 Å². The molecule has 0 N–H and O–H groups in total. The van der Waals surface area contributed by atoms with E-state index in [1.807, 2.05) is 24.3 Å². The summed E-state index contributed by atoms with van der Waals surface area (Å²) < 4.78 is 32.9. The van der Waals surface area contributed by atoms with E-state index in [2.05, 4.69) is 0 Å². The van der Waals surface area contributed by atoms with Crippen LogP contribution in [0.25, 0.3) is 0 Å². The lowest BCUT2D eigenvalue weighted by atomic mass is 10.3. The zero-order valence-electron chi connectivity index (χ0n) is 13.1. The first-order valence-corrected chi connectivity index (χ1v) is 8.13. The lowest BCUT2D eigenvalue weighted by Crippen LogP contribution is -2.19. The Kier molecular flexibility index (Phi) is 9.13. The number of para-hydroxylation sites is 2. The molecule has 1 heterocycles. The Morgan fingerprint density at radius 2 is 1.22 bits per heavy atom. The number of fused-ring (bicyclic) bond motifs is 1. The van der Waals surface area contributed by atoms with Gasteiger partial charge in [0.15, 0.2) is 17.1 Å². The molecule has 2 rings (SSSR count). The topological polar surface area (TPSA) is 55.4 Å². The van der Waals surface area contributed by atoms with Crippen LogP contribution in [0.4, 0.5) is 0 Å². The Bertz CT molecular complexity index is 431. The van der Waals surface area contributed by atoms with Crippen molar-refractivity contribution in [2.45, 2.75) is 5.56 Å². The lowest BCUT2D eigenvalue weighted by Gasteiger charge is -2.15. The van der Waals surface area contributed by atoms with Crippen LogP contribution in [0.1, 0.15) is 0 Å². The lowest BCUT2D eigenvalue weighted by molar-refractivity contribution is -0.0181. The molecule has 0 bridgehead atoms. The smallest absolute Gasteiger partial charge is 0.161 e. The maximum atomic E-state index is 6.00. The zero-order valence-corrected chi connectivity index (χ0v) is 13.8. The van der Waals surface area contributed by atoms with E-state index in [0.29, 0.717) is 71.0 Å². The summed E-state index contributed by atoms with van der Waals surface area (Å²) in [4.78, 5) is 0. The van der Waals surface area contributed by atoms with E-state index in [1.165, 1.54) is 0 Å². The molecule has 0 spiro atoms. The van der Waals surface area contributed by atoms with Crippen molar-refractivity contribution in [3.05, 3.63) is 24.3 Å². The van der Waals surface area contributed by atoms with E-state index in [-0.39, 0.29) is 0 Å². The van der Waals surface area contributed by atoms with Gasteiger partial charge in [-0.1, -0.05) is 23.7 Å². The van der Waals surface area contributed by atoms with Crippen LogP contribution in [-0.2, 0) is 18.9 Å². The van der Waals surface area contributed by atoms with E-state index in [4.69, 9.17) is 40.0 Å². The third kappa shape index (κ3) is 7.85. The van der Waals surface area contributed by atoms with E-state index in [1.54, 1.807) is 0 Å². The van der Waals surface area contributed by atoms with Crippen molar-refractivity contribution >= 4 is 11.6 Å². The molecular weight excluding hydrogens is 324 g/mol. The second kappa shape index (κ2) is 11.5. The van der Waals surface area contributed by atoms with Gasteiger partial charge in [-0.05, 0) is 12.1 Å². The van der Waals surface area contributed by atoms with Gasteiger partial charge in [-0.25, -0.2) is 0 Å². The summed E-state index contributed by atoms with van der Waals surface area (Å²) in [5.74, 6) is 1.35. The number of ether oxygens (including phenoxy) is 6. The van der Waals surface area contributed by atoms with E-state index in [0.717, 1.165) is 0 Å². The Labute approximate surface area is 141 Å². The van der Waals surface area contributed by atoms with Crippen LogP contribution in [-0.4, -0.2) is 65.0 Å². The molecule has 1 atom stereocenters. The van der Waals surface area contributed by atoms with Crippen LogP contribution in [0.5, 0.6) is 11.5 Å². The molecular formula is C16H23ClO6. The minimum Gasteiger partial charge on any atom is -0.487 e. The van der Waals surface area contributed by atoms with Crippen LogP contribution in [0.15, 0.2) is 24.3 Å². The minimum absolute atomic E-state index is 0.307. The van der Waals surface area contributed by atoms with Gasteiger partial charge in [0.25, 0.3) is 0 Å². The highest BCUT2D eigenvalue weighted by Crippen LogP contribution is 2.26. The van der Waals surface area contributed by atoms with Crippen LogP contribution in [0.3, 0.4) is 0 Å². The molecule has 1 aliphatic heterocycles. The second-order valence-electron chi connectivity index (χ2n) is 4.72. The standard InChI is InChI=1S/C16H23ClO6/c17-16-13-20-8-7-18-5-6-19-9-10-21-14-3-1-2-4-15(14)22-11-12-23-16/h1-4,16H,5-13H2. The van der Waals surface area contributed by atoms with Crippen LogP contribution >= 0.6 is 11.6 Å². The molecule has 1 aromatic rings. The molecule has 1 unspecified atom stereocenters. The molecule has 130 valence electrons. The summed E-state index contributed by atoms with van der Waals surface area (Å²) in [5.41, 5.74) is -0.507. The highest BCUT2D eigenvalue weighted by atomic mass is 35.5. The number of hydrogen-bond acceptors (Lipinski definition) is 6. The third-order valence-corrected chi connectivity index (χ3v) is 3.22. The van der Waals surface area contributed by atoms with Crippen molar-refractivity contribution in [1.82, 2.24) is 0 Å². The fourth-order valence-corrected chi connectivity index (χ4v) is 2.07. The number of rotatable bonds is 0. The van der Waals surface area contributed by atoms with Gasteiger partial charge in [0.2, 0.25) is 0 Å². The first kappa shape index (κ1) is 18.3. The van der Waals surface area contributed by atoms with Crippen LogP contribution in [0, 0.1) is 0 Å². The van der Waals surface area contributed by atoms with E-state index in [9.17, 15) is 0 Å². The molecule has 0 saturated heterocycles. The Hall–Kier alpha value is -1.05.